The first-order valence-electron chi connectivity index (χ1n) is 5.90. The minimum atomic E-state index is -0.128. The highest BCUT2D eigenvalue weighted by atomic mass is 79.9. The first kappa shape index (κ1) is 13.7. The third-order valence-corrected chi connectivity index (χ3v) is 4.17. The van der Waals surface area contributed by atoms with E-state index in [4.69, 9.17) is 16.3 Å². The Bertz CT molecular complexity index is 453. The van der Waals surface area contributed by atoms with E-state index in [1.165, 1.54) is 0 Å². The van der Waals surface area contributed by atoms with Gasteiger partial charge in [0.25, 0.3) is 5.91 Å². The molecule has 0 aromatic heterocycles. The van der Waals surface area contributed by atoms with Crippen molar-refractivity contribution in [3.8, 4) is 5.75 Å². The molecule has 3 nitrogen and oxygen atoms in total. The normalized spacial score (nSPS) is 22.8. The second-order valence-corrected chi connectivity index (χ2v) is 5.85. The molecule has 0 spiro atoms. The number of alkyl halides is 1. The van der Waals surface area contributed by atoms with Crippen LogP contribution in [0.5, 0.6) is 5.75 Å². The van der Waals surface area contributed by atoms with Gasteiger partial charge in [0.1, 0.15) is 5.75 Å². The lowest BCUT2D eigenvalue weighted by Gasteiger charge is -2.17. The van der Waals surface area contributed by atoms with Crippen LogP contribution in [0, 0.1) is 0 Å². The second-order valence-electron chi connectivity index (χ2n) is 4.37. The third kappa shape index (κ3) is 2.98. The number of hydrogen-bond donors (Lipinski definition) is 1. The first-order valence-corrected chi connectivity index (χ1v) is 7.13. The zero-order valence-corrected chi connectivity index (χ0v) is 12.4. The molecular formula is C13H15BrClNO2. The van der Waals surface area contributed by atoms with Crippen molar-refractivity contribution in [3.63, 3.8) is 0 Å². The maximum Gasteiger partial charge on any atom is 0.255 e. The van der Waals surface area contributed by atoms with Gasteiger partial charge in [-0.25, -0.2) is 0 Å². The molecule has 0 radical (unpaired) electrons. The highest BCUT2D eigenvalue weighted by Gasteiger charge is 2.27. The number of carbonyl (C=O) groups is 1. The van der Waals surface area contributed by atoms with Gasteiger partial charge in [0.2, 0.25) is 0 Å². The van der Waals surface area contributed by atoms with Gasteiger partial charge >= 0.3 is 0 Å². The molecule has 1 fully saturated rings. The summed E-state index contributed by atoms with van der Waals surface area (Å²) in [6, 6.07) is 5.41. The molecule has 1 aromatic rings. The Morgan fingerprint density at radius 2 is 2.28 bits per heavy atom. The first-order chi connectivity index (χ1) is 8.61. The summed E-state index contributed by atoms with van der Waals surface area (Å²) in [5.74, 6) is 0.433. The number of nitrogens with one attached hydrogen (secondary N) is 1. The highest BCUT2D eigenvalue weighted by Crippen LogP contribution is 2.26. The predicted molar refractivity (Wildman–Crippen MR) is 75.4 cm³/mol. The summed E-state index contributed by atoms with van der Waals surface area (Å²) in [4.78, 5) is 12.2. The number of rotatable bonds is 3. The van der Waals surface area contributed by atoms with Gasteiger partial charge in [-0.05, 0) is 37.5 Å². The van der Waals surface area contributed by atoms with Gasteiger partial charge in [0, 0.05) is 10.5 Å². The van der Waals surface area contributed by atoms with Crippen LogP contribution in [0.4, 0.5) is 0 Å². The molecule has 0 bridgehead atoms. The fourth-order valence-electron chi connectivity index (χ4n) is 2.18. The van der Waals surface area contributed by atoms with E-state index in [1.807, 2.05) is 6.07 Å². The molecule has 1 aromatic carbocycles. The Labute approximate surface area is 120 Å². The van der Waals surface area contributed by atoms with Crippen molar-refractivity contribution < 1.29 is 9.53 Å². The van der Waals surface area contributed by atoms with Gasteiger partial charge in [0.05, 0.1) is 18.1 Å². The molecule has 0 heterocycles. The molecular weight excluding hydrogens is 318 g/mol. The van der Waals surface area contributed by atoms with Crippen LogP contribution in [-0.4, -0.2) is 24.4 Å². The summed E-state index contributed by atoms with van der Waals surface area (Å²) in [7, 11) is 1.55. The van der Waals surface area contributed by atoms with Crippen LogP contribution in [0.3, 0.4) is 0 Å². The number of methoxy groups -OCH3 is 1. The number of ether oxygens (including phenoxy) is 1. The van der Waals surface area contributed by atoms with E-state index in [0.29, 0.717) is 11.3 Å². The van der Waals surface area contributed by atoms with Crippen LogP contribution in [0.25, 0.3) is 0 Å². The van der Waals surface area contributed by atoms with Gasteiger partial charge in [-0.2, -0.15) is 0 Å². The van der Waals surface area contributed by atoms with E-state index in [-0.39, 0.29) is 17.3 Å². The van der Waals surface area contributed by atoms with Gasteiger partial charge < -0.3 is 10.1 Å². The fourth-order valence-corrected chi connectivity index (χ4v) is 2.86. The maximum atomic E-state index is 12.2. The van der Waals surface area contributed by atoms with E-state index in [2.05, 4.69) is 21.2 Å². The molecule has 2 unspecified atom stereocenters. The Morgan fingerprint density at radius 1 is 1.50 bits per heavy atom. The molecule has 1 N–H and O–H groups in total. The van der Waals surface area contributed by atoms with Crippen LogP contribution >= 0.6 is 27.5 Å². The summed E-state index contributed by atoms with van der Waals surface area (Å²) < 4.78 is 6.10. The average molecular weight is 333 g/mol. The van der Waals surface area contributed by atoms with Gasteiger partial charge in [-0.1, -0.05) is 15.9 Å². The Morgan fingerprint density at radius 3 is 2.89 bits per heavy atom. The largest absolute Gasteiger partial charge is 0.496 e. The second kappa shape index (κ2) is 5.93. The molecule has 18 heavy (non-hydrogen) atoms. The number of halogens is 2. The zero-order valence-electron chi connectivity index (χ0n) is 10.1. The zero-order chi connectivity index (χ0) is 13.1. The van der Waals surface area contributed by atoms with E-state index >= 15 is 0 Å². The molecule has 0 saturated heterocycles. The van der Waals surface area contributed by atoms with Crippen molar-refractivity contribution in [1.82, 2.24) is 5.32 Å². The van der Waals surface area contributed by atoms with Crippen LogP contribution in [-0.2, 0) is 0 Å². The lowest BCUT2D eigenvalue weighted by Crippen LogP contribution is -2.38. The van der Waals surface area contributed by atoms with Crippen molar-refractivity contribution in [2.24, 2.45) is 0 Å². The summed E-state index contributed by atoms with van der Waals surface area (Å²) in [5, 5.41) is 3.01. The van der Waals surface area contributed by atoms with Gasteiger partial charge in [-0.15, -0.1) is 11.6 Å². The van der Waals surface area contributed by atoms with Crippen LogP contribution < -0.4 is 10.1 Å². The third-order valence-electron chi connectivity index (χ3n) is 3.16. The Kier molecular flexibility index (Phi) is 4.51. The van der Waals surface area contributed by atoms with Crippen molar-refractivity contribution >= 4 is 33.4 Å². The number of hydrogen-bond acceptors (Lipinski definition) is 2. The SMILES string of the molecule is COc1cc(Br)ccc1C(=O)NC1CCCC1Cl. The van der Waals surface area contributed by atoms with Gasteiger partial charge in [-0.3, -0.25) is 4.79 Å². The van der Waals surface area contributed by atoms with E-state index < -0.39 is 0 Å². The summed E-state index contributed by atoms with van der Waals surface area (Å²) in [6.07, 6.45) is 2.97. The minimum Gasteiger partial charge on any atom is -0.496 e. The molecule has 98 valence electrons. The smallest absolute Gasteiger partial charge is 0.255 e. The van der Waals surface area contributed by atoms with Gasteiger partial charge in [0.15, 0.2) is 0 Å². The van der Waals surface area contributed by atoms with Crippen LogP contribution in [0.15, 0.2) is 22.7 Å². The summed E-state index contributed by atoms with van der Waals surface area (Å²) in [5.41, 5.74) is 0.538. The molecule has 0 aliphatic heterocycles. The maximum absolute atomic E-state index is 12.2. The molecule has 2 atom stereocenters. The van der Waals surface area contributed by atoms with E-state index in [9.17, 15) is 4.79 Å². The standard InChI is InChI=1S/C13H15BrClNO2/c1-18-12-7-8(14)5-6-9(12)13(17)16-11-4-2-3-10(11)15/h5-7,10-11H,2-4H2,1H3,(H,16,17). The number of amides is 1. The highest BCUT2D eigenvalue weighted by molar-refractivity contribution is 9.10. The minimum absolute atomic E-state index is 0.0374. The molecule has 2 rings (SSSR count). The fraction of sp³-hybridized carbons (Fsp3) is 0.462. The molecule has 1 amide bonds. The topological polar surface area (TPSA) is 38.3 Å². The lowest BCUT2D eigenvalue weighted by atomic mass is 10.1. The Hall–Kier alpha value is -0.740. The quantitative estimate of drug-likeness (QED) is 0.862. The average Bonchev–Trinajstić information content (AvgIpc) is 2.74. The molecule has 1 aliphatic carbocycles. The van der Waals surface area contributed by atoms with Crippen molar-refractivity contribution in [2.45, 2.75) is 30.7 Å². The van der Waals surface area contributed by atoms with Crippen molar-refractivity contribution in [3.05, 3.63) is 28.2 Å². The monoisotopic (exact) mass is 331 g/mol. The number of benzene rings is 1. The number of carbonyl (C=O) groups excluding carboxylic acids is 1. The summed E-state index contributed by atoms with van der Waals surface area (Å²) in [6.45, 7) is 0. The van der Waals surface area contributed by atoms with Crippen molar-refractivity contribution in [2.75, 3.05) is 7.11 Å². The van der Waals surface area contributed by atoms with Crippen molar-refractivity contribution in [1.29, 1.82) is 0 Å². The lowest BCUT2D eigenvalue weighted by molar-refractivity contribution is 0.0935. The van der Waals surface area contributed by atoms with E-state index in [1.54, 1.807) is 19.2 Å². The Balaban J connectivity index is 2.13. The predicted octanol–water partition coefficient (Wildman–Crippen LogP) is 3.35. The van der Waals surface area contributed by atoms with E-state index in [0.717, 1.165) is 23.7 Å². The molecule has 1 saturated carbocycles. The summed E-state index contributed by atoms with van der Waals surface area (Å²) >= 11 is 9.51. The van der Waals surface area contributed by atoms with Crippen LogP contribution in [0.1, 0.15) is 29.6 Å². The van der Waals surface area contributed by atoms with Crippen LogP contribution in [0.2, 0.25) is 0 Å². The molecule has 5 heteroatoms. The molecule has 1 aliphatic rings.